The van der Waals surface area contributed by atoms with Gasteiger partial charge < -0.3 is 10.0 Å². The highest BCUT2D eigenvalue weighted by molar-refractivity contribution is 5.92. The van der Waals surface area contributed by atoms with Crippen LogP contribution in [0.25, 0.3) is 10.9 Å². The minimum absolute atomic E-state index is 0.351. The van der Waals surface area contributed by atoms with Crippen LogP contribution in [0.4, 0.5) is 11.5 Å². The molecule has 88 valence electrons. The average molecular weight is 234 g/mol. The highest BCUT2D eigenvalue weighted by Crippen LogP contribution is 2.33. The van der Waals surface area contributed by atoms with E-state index in [9.17, 15) is 15.2 Å². The van der Waals surface area contributed by atoms with E-state index in [1.165, 1.54) is 18.5 Å². The first-order valence-corrected chi connectivity index (χ1v) is 4.80. The van der Waals surface area contributed by atoms with Gasteiger partial charge in [-0.05, 0) is 0 Å². The number of fused-ring (bicyclic) bond motifs is 1. The minimum atomic E-state index is -0.638. The van der Waals surface area contributed by atoms with Crippen LogP contribution in [0.15, 0.2) is 18.5 Å². The van der Waals surface area contributed by atoms with Crippen LogP contribution < -0.4 is 4.90 Å². The molecule has 0 atom stereocenters. The number of nitrogens with zero attached hydrogens (tertiary/aromatic N) is 4. The maximum absolute atomic E-state index is 10.7. The monoisotopic (exact) mass is 234 g/mol. The first-order valence-electron chi connectivity index (χ1n) is 4.80. The molecule has 0 bridgehead atoms. The van der Waals surface area contributed by atoms with Gasteiger partial charge in [0.25, 0.3) is 0 Å². The van der Waals surface area contributed by atoms with Gasteiger partial charge in [0.1, 0.15) is 12.1 Å². The van der Waals surface area contributed by atoms with E-state index in [2.05, 4.69) is 9.97 Å². The number of benzene rings is 1. The van der Waals surface area contributed by atoms with Gasteiger partial charge in [0.05, 0.1) is 10.4 Å². The summed E-state index contributed by atoms with van der Waals surface area (Å²) >= 11 is 0. The number of hydrogen-bond acceptors (Lipinski definition) is 6. The predicted octanol–water partition coefficient (Wildman–Crippen LogP) is 1.31. The summed E-state index contributed by atoms with van der Waals surface area (Å²) in [5.41, 5.74) is 0.113. The summed E-state index contributed by atoms with van der Waals surface area (Å²) in [6.45, 7) is 0. The molecule has 0 unspecified atom stereocenters. The third-order valence-electron chi connectivity index (χ3n) is 2.33. The Morgan fingerprint density at radius 2 is 2.06 bits per heavy atom. The molecule has 1 N–H and O–H groups in total. The van der Waals surface area contributed by atoms with Crippen molar-refractivity contribution < 1.29 is 10.0 Å². The SMILES string of the molecule is CN(C)c1ncnc2cc(O)c([N+](=O)[O-])cc12. The lowest BCUT2D eigenvalue weighted by Gasteiger charge is -2.13. The zero-order valence-corrected chi connectivity index (χ0v) is 9.28. The van der Waals surface area contributed by atoms with Gasteiger partial charge in [-0.25, -0.2) is 9.97 Å². The van der Waals surface area contributed by atoms with Crippen molar-refractivity contribution in [3.63, 3.8) is 0 Å². The topological polar surface area (TPSA) is 92.4 Å². The van der Waals surface area contributed by atoms with Crippen LogP contribution >= 0.6 is 0 Å². The number of nitro benzene ring substituents is 1. The third-order valence-corrected chi connectivity index (χ3v) is 2.33. The molecule has 2 aromatic rings. The summed E-state index contributed by atoms with van der Waals surface area (Å²) in [4.78, 5) is 19.8. The van der Waals surface area contributed by atoms with Crippen molar-refractivity contribution in [3.05, 3.63) is 28.6 Å². The number of anilines is 1. The van der Waals surface area contributed by atoms with E-state index >= 15 is 0 Å². The van der Waals surface area contributed by atoms with Crippen molar-refractivity contribution in [3.8, 4) is 5.75 Å². The van der Waals surface area contributed by atoms with Crippen molar-refractivity contribution >= 4 is 22.4 Å². The zero-order valence-electron chi connectivity index (χ0n) is 9.28. The van der Waals surface area contributed by atoms with Gasteiger partial charge in [-0.15, -0.1) is 0 Å². The number of phenolic OH excluding ortho intramolecular Hbond substituents is 1. The number of phenols is 1. The van der Waals surface area contributed by atoms with Crippen LogP contribution in [0.3, 0.4) is 0 Å². The molecule has 1 heterocycles. The maximum Gasteiger partial charge on any atom is 0.311 e. The van der Waals surface area contributed by atoms with Crippen molar-refractivity contribution in [2.75, 3.05) is 19.0 Å². The molecule has 2 rings (SSSR count). The molecule has 0 saturated carbocycles. The quantitative estimate of drug-likeness (QED) is 0.622. The molecule has 0 amide bonds. The number of nitro groups is 1. The van der Waals surface area contributed by atoms with Crippen molar-refractivity contribution in [2.45, 2.75) is 0 Å². The lowest BCUT2D eigenvalue weighted by Crippen LogP contribution is -2.11. The summed E-state index contributed by atoms with van der Waals surface area (Å²) in [6, 6.07) is 2.54. The molecule has 0 saturated heterocycles. The molecule has 0 aliphatic carbocycles. The van der Waals surface area contributed by atoms with Gasteiger partial charge in [-0.2, -0.15) is 0 Å². The average Bonchev–Trinajstić information content (AvgIpc) is 2.26. The van der Waals surface area contributed by atoms with Crippen LogP contribution in [-0.2, 0) is 0 Å². The van der Waals surface area contributed by atoms with E-state index in [-0.39, 0.29) is 5.69 Å². The Morgan fingerprint density at radius 1 is 1.35 bits per heavy atom. The van der Waals surface area contributed by atoms with Crippen molar-refractivity contribution in [1.29, 1.82) is 0 Å². The molecular weight excluding hydrogens is 224 g/mol. The van der Waals surface area contributed by atoms with Crippen LogP contribution in [-0.4, -0.2) is 34.1 Å². The van der Waals surface area contributed by atoms with E-state index in [1.807, 2.05) is 0 Å². The third kappa shape index (κ3) is 1.82. The molecule has 0 radical (unpaired) electrons. The molecule has 1 aromatic heterocycles. The Kier molecular flexibility index (Phi) is 2.51. The second-order valence-electron chi connectivity index (χ2n) is 3.71. The van der Waals surface area contributed by atoms with Gasteiger partial charge >= 0.3 is 5.69 Å². The van der Waals surface area contributed by atoms with Crippen LogP contribution in [0, 0.1) is 10.1 Å². The van der Waals surface area contributed by atoms with Gasteiger partial charge in [0.2, 0.25) is 0 Å². The van der Waals surface area contributed by atoms with Crippen LogP contribution in [0.5, 0.6) is 5.75 Å². The summed E-state index contributed by atoms with van der Waals surface area (Å²) < 4.78 is 0. The lowest BCUT2D eigenvalue weighted by atomic mass is 10.2. The molecule has 0 fully saturated rings. The molecule has 0 aliphatic rings. The van der Waals surface area contributed by atoms with E-state index in [0.29, 0.717) is 16.7 Å². The largest absolute Gasteiger partial charge is 0.502 e. The fraction of sp³-hybridized carbons (Fsp3) is 0.200. The fourth-order valence-electron chi connectivity index (χ4n) is 1.57. The number of hydrogen-bond donors (Lipinski definition) is 1. The number of aromatic nitrogens is 2. The Bertz CT molecular complexity index is 597. The Morgan fingerprint density at radius 3 is 2.65 bits per heavy atom. The predicted molar refractivity (Wildman–Crippen MR) is 62.2 cm³/mol. The van der Waals surface area contributed by atoms with Crippen molar-refractivity contribution in [1.82, 2.24) is 9.97 Å². The van der Waals surface area contributed by atoms with Crippen LogP contribution in [0.1, 0.15) is 0 Å². The van der Waals surface area contributed by atoms with Gasteiger partial charge in [-0.3, -0.25) is 10.1 Å². The minimum Gasteiger partial charge on any atom is -0.502 e. The Hall–Kier alpha value is -2.44. The first-order chi connectivity index (χ1) is 8.00. The standard InChI is InChI=1S/C10H10N4O3/c1-13(2)10-6-3-8(14(16)17)9(15)4-7(6)11-5-12-10/h3-5,15H,1-2H3. The van der Waals surface area contributed by atoms with E-state index in [4.69, 9.17) is 0 Å². The van der Waals surface area contributed by atoms with E-state index in [0.717, 1.165) is 0 Å². The number of aromatic hydroxyl groups is 1. The van der Waals surface area contributed by atoms with E-state index < -0.39 is 10.7 Å². The van der Waals surface area contributed by atoms with Crippen LogP contribution in [0.2, 0.25) is 0 Å². The van der Waals surface area contributed by atoms with Gasteiger partial charge in [0.15, 0.2) is 5.75 Å². The maximum atomic E-state index is 10.7. The smallest absolute Gasteiger partial charge is 0.311 e. The molecule has 7 heteroatoms. The van der Waals surface area contributed by atoms with Crippen molar-refractivity contribution in [2.24, 2.45) is 0 Å². The molecule has 7 nitrogen and oxygen atoms in total. The highest BCUT2D eigenvalue weighted by atomic mass is 16.6. The fourth-order valence-corrected chi connectivity index (χ4v) is 1.57. The molecular formula is C10H10N4O3. The highest BCUT2D eigenvalue weighted by Gasteiger charge is 2.17. The molecule has 1 aromatic carbocycles. The molecule has 17 heavy (non-hydrogen) atoms. The second-order valence-corrected chi connectivity index (χ2v) is 3.71. The second kappa shape index (κ2) is 3.85. The summed E-state index contributed by atoms with van der Waals surface area (Å²) in [7, 11) is 3.56. The normalized spacial score (nSPS) is 10.5. The lowest BCUT2D eigenvalue weighted by molar-refractivity contribution is -0.385. The summed E-state index contributed by atoms with van der Waals surface area (Å²) in [5, 5.41) is 20.8. The van der Waals surface area contributed by atoms with Gasteiger partial charge in [0, 0.05) is 31.6 Å². The number of rotatable bonds is 2. The summed E-state index contributed by atoms with van der Waals surface area (Å²) in [6.07, 6.45) is 1.35. The Labute approximate surface area is 96.5 Å². The summed E-state index contributed by atoms with van der Waals surface area (Å²) in [5.74, 6) is 0.170. The first kappa shape index (κ1) is 11.1. The van der Waals surface area contributed by atoms with Gasteiger partial charge in [-0.1, -0.05) is 0 Å². The molecule has 0 aliphatic heterocycles. The zero-order chi connectivity index (χ0) is 12.6. The molecule has 0 spiro atoms. The Balaban J connectivity index is 2.80. The van der Waals surface area contributed by atoms with E-state index in [1.54, 1.807) is 19.0 Å².